The van der Waals surface area contributed by atoms with E-state index in [1.165, 1.54) is 5.56 Å². The van der Waals surface area contributed by atoms with Crippen molar-refractivity contribution in [1.29, 1.82) is 0 Å². The lowest BCUT2D eigenvalue weighted by atomic mass is 9.74. The average molecular weight is 480 g/mol. The molecule has 1 aromatic carbocycles. The third-order valence-electron chi connectivity index (χ3n) is 8.12. The third kappa shape index (κ3) is 5.56. The summed E-state index contributed by atoms with van der Waals surface area (Å²) in [4.78, 5) is 31.4. The van der Waals surface area contributed by atoms with Gasteiger partial charge in [0.2, 0.25) is 11.8 Å². The summed E-state index contributed by atoms with van der Waals surface area (Å²) in [5.41, 5.74) is 7.72. The van der Waals surface area contributed by atoms with Gasteiger partial charge in [-0.05, 0) is 50.8 Å². The molecule has 0 aliphatic carbocycles. The molecule has 4 fully saturated rings. The van der Waals surface area contributed by atoms with Crippen LogP contribution >= 0.6 is 0 Å². The number of primary amides is 1. The Bertz CT molecular complexity index is 1020. The Morgan fingerprint density at radius 2 is 1.86 bits per heavy atom. The number of fused-ring (bicyclic) bond motifs is 3. The maximum Gasteiger partial charge on any atom is 0.227 e. The molecule has 4 atom stereocenters. The van der Waals surface area contributed by atoms with Crippen molar-refractivity contribution in [1.82, 2.24) is 29.7 Å². The van der Waals surface area contributed by atoms with Gasteiger partial charge < -0.3 is 10.6 Å². The quantitative estimate of drug-likeness (QED) is 0.613. The molecule has 0 radical (unpaired) electrons. The van der Waals surface area contributed by atoms with E-state index < -0.39 is 0 Å². The summed E-state index contributed by atoms with van der Waals surface area (Å²) in [5.74, 6) is 0.447. The predicted octanol–water partition coefficient (Wildman–Crippen LogP) is 1.34. The molecule has 9 heteroatoms. The number of nitrogens with zero attached hydrogens (tertiary/aromatic N) is 6. The number of aromatic nitrogens is 3. The molecule has 2 aromatic rings. The van der Waals surface area contributed by atoms with E-state index in [4.69, 9.17) is 5.73 Å². The second-order valence-electron chi connectivity index (χ2n) is 10.6. The van der Waals surface area contributed by atoms with Crippen LogP contribution in [0.5, 0.6) is 0 Å². The lowest BCUT2D eigenvalue weighted by Crippen LogP contribution is -2.59. The molecule has 6 rings (SSSR count). The number of nitrogens with two attached hydrogens (primary N) is 1. The minimum Gasteiger partial charge on any atom is -0.369 e. The van der Waals surface area contributed by atoms with Crippen LogP contribution in [0, 0.1) is 17.8 Å². The summed E-state index contributed by atoms with van der Waals surface area (Å²) in [5, 5.41) is 8.81. The highest BCUT2D eigenvalue weighted by Gasteiger charge is 2.45. The van der Waals surface area contributed by atoms with Crippen molar-refractivity contribution < 1.29 is 9.59 Å². The second-order valence-corrected chi connectivity index (χ2v) is 10.6. The summed E-state index contributed by atoms with van der Waals surface area (Å²) in [6.07, 6.45) is 5.56. The van der Waals surface area contributed by atoms with Crippen LogP contribution in [0.2, 0.25) is 0 Å². The predicted molar refractivity (Wildman–Crippen MR) is 132 cm³/mol. The molecule has 188 valence electrons. The monoisotopic (exact) mass is 479 g/mol. The molecule has 2 unspecified atom stereocenters. The van der Waals surface area contributed by atoms with Gasteiger partial charge in [-0.3, -0.25) is 24.1 Å². The Balaban J connectivity index is 1.12. The molecule has 9 nitrogen and oxygen atoms in total. The number of piperidine rings is 4. The first-order valence-corrected chi connectivity index (χ1v) is 12.9. The molecular formula is C26H37N7O2. The summed E-state index contributed by atoms with van der Waals surface area (Å²) in [6.45, 7) is 5.63. The van der Waals surface area contributed by atoms with E-state index in [1.54, 1.807) is 0 Å². The maximum atomic E-state index is 13.3. The fourth-order valence-corrected chi connectivity index (χ4v) is 6.17. The Morgan fingerprint density at radius 3 is 2.54 bits per heavy atom. The summed E-state index contributed by atoms with van der Waals surface area (Å²) < 4.78 is 1.97. The van der Waals surface area contributed by atoms with E-state index in [9.17, 15) is 9.59 Å². The molecule has 4 saturated heterocycles. The summed E-state index contributed by atoms with van der Waals surface area (Å²) in [7, 11) is 2.10. The van der Waals surface area contributed by atoms with Crippen molar-refractivity contribution in [3.63, 3.8) is 0 Å². The number of hydrogen-bond donors (Lipinski definition) is 1. The number of carbonyl (C=O) groups excluding carboxylic acids is 2. The Kier molecular flexibility index (Phi) is 7.15. The van der Waals surface area contributed by atoms with Gasteiger partial charge in [0.15, 0.2) is 0 Å². The SMILES string of the molecule is CN(Cc1ccccc1)Cc1cn(C[C@H]2CC3CCN2C[C@@H]3C(=O)N2CCC(C(N)=O)CC2)nn1. The number of carbonyl (C=O) groups is 2. The molecule has 2 amide bonds. The molecule has 4 aliphatic heterocycles. The largest absolute Gasteiger partial charge is 0.369 e. The van der Waals surface area contributed by atoms with Crippen molar-refractivity contribution in [2.24, 2.45) is 23.5 Å². The van der Waals surface area contributed by atoms with Gasteiger partial charge in [-0.1, -0.05) is 35.5 Å². The molecule has 4 aliphatic rings. The van der Waals surface area contributed by atoms with Crippen LogP contribution in [0.25, 0.3) is 0 Å². The van der Waals surface area contributed by atoms with Crippen LogP contribution in [-0.4, -0.2) is 80.8 Å². The molecule has 35 heavy (non-hydrogen) atoms. The van der Waals surface area contributed by atoms with Gasteiger partial charge in [-0.15, -0.1) is 5.10 Å². The molecular weight excluding hydrogens is 442 g/mol. The van der Waals surface area contributed by atoms with Crippen LogP contribution in [0.3, 0.4) is 0 Å². The van der Waals surface area contributed by atoms with Gasteiger partial charge in [0.1, 0.15) is 0 Å². The van der Waals surface area contributed by atoms with Crippen LogP contribution in [0.4, 0.5) is 0 Å². The molecule has 1 aromatic heterocycles. The lowest BCUT2D eigenvalue weighted by molar-refractivity contribution is -0.146. The number of rotatable bonds is 8. The number of likely N-dealkylation sites (tertiary alicyclic amines) is 1. The highest BCUT2D eigenvalue weighted by molar-refractivity contribution is 5.81. The number of amides is 2. The zero-order valence-electron chi connectivity index (χ0n) is 20.6. The molecule has 0 saturated carbocycles. The normalized spacial score (nSPS) is 26.9. The van der Waals surface area contributed by atoms with Crippen LogP contribution in [0.1, 0.15) is 36.9 Å². The third-order valence-corrected chi connectivity index (χ3v) is 8.12. The van der Waals surface area contributed by atoms with Crippen molar-refractivity contribution in [3.8, 4) is 0 Å². The highest BCUT2D eigenvalue weighted by Crippen LogP contribution is 2.38. The van der Waals surface area contributed by atoms with E-state index in [0.717, 1.165) is 51.3 Å². The van der Waals surface area contributed by atoms with Gasteiger partial charge in [-0.2, -0.15) is 0 Å². The first kappa shape index (κ1) is 23.9. The first-order chi connectivity index (χ1) is 17.0. The van der Waals surface area contributed by atoms with Crippen LogP contribution < -0.4 is 5.73 Å². The topological polar surface area (TPSA) is 101 Å². The minimum atomic E-state index is -0.234. The lowest BCUT2D eigenvalue weighted by Gasteiger charge is -2.50. The molecule has 0 spiro atoms. The molecule has 5 heterocycles. The Hall–Kier alpha value is -2.78. The van der Waals surface area contributed by atoms with Gasteiger partial charge in [-0.25, -0.2) is 0 Å². The van der Waals surface area contributed by atoms with Crippen LogP contribution in [-0.2, 0) is 29.2 Å². The minimum absolute atomic E-state index is 0.0723. The number of hydrogen-bond acceptors (Lipinski definition) is 6. The fraction of sp³-hybridized carbons (Fsp3) is 0.615. The van der Waals surface area contributed by atoms with E-state index in [1.807, 2.05) is 15.6 Å². The summed E-state index contributed by atoms with van der Waals surface area (Å²) >= 11 is 0. The van der Waals surface area contributed by atoms with E-state index in [0.29, 0.717) is 37.9 Å². The molecule has 2 bridgehead atoms. The Labute approximate surface area is 207 Å². The first-order valence-electron chi connectivity index (χ1n) is 12.9. The van der Waals surface area contributed by atoms with Crippen molar-refractivity contribution in [2.45, 2.75) is 51.4 Å². The smallest absolute Gasteiger partial charge is 0.227 e. The highest BCUT2D eigenvalue weighted by atomic mass is 16.2. The standard InChI is InChI=1S/C26H37N7O2/c1-30(14-19-5-3-2-4-6-19)15-22-16-33(29-28-22)17-23-13-21-9-12-32(23)18-24(21)26(35)31-10-7-20(8-11-31)25(27)34/h2-6,16,20-21,23-24H,7-15,17-18H2,1H3,(H2,27,34)/t21?,23-,24+/m1/s1. The van der Waals surface area contributed by atoms with E-state index >= 15 is 0 Å². The zero-order chi connectivity index (χ0) is 24.4. The number of benzene rings is 1. The fourth-order valence-electron chi connectivity index (χ4n) is 6.17. The van der Waals surface area contributed by atoms with Gasteiger partial charge >= 0.3 is 0 Å². The zero-order valence-corrected chi connectivity index (χ0v) is 20.6. The maximum absolute atomic E-state index is 13.3. The van der Waals surface area contributed by atoms with Crippen molar-refractivity contribution in [3.05, 3.63) is 47.8 Å². The van der Waals surface area contributed by atoms with Crippen molar-refractivity contribution >= 4 is 11.8 Å². The average Bonchev–Trinajstić information content (AvgIpc) is 3.31. The second kappa shape index (κ2) is 10.5. The molecule has 2 N–H and O–H groups in total. The van der Waals surface area contributed by atoms with Gasteiger partial charge in [0.05, 0.1) is 18.2 Å². The van der Waals surface area contributed by atoms with E-state index in [-0.39, 0.29) is 23.7 Å². The van der Waals surface area contributed by atoms with E-state index in [2.05, 4.69) is 57.6 Å². The summed E-state index contributed by atoms with van der Waals surface area (Å²) in [6, 6.07) is 10.8. The van der Waals surface area contributed by atoms with Crippen LogP contribution in [0.15, 0.2) is 36.5 Å². The van der Waals surface area contributed by atoms with Gasteiger partial charge in [0.25, 0.3) is 0 Å². The Morgan fingerprint density at radius 1 is 1.09 bits per heavy atom. The van der Waals surface area contributed by atoms with Crippen molar-refractivity contribution in [2.75, 3.05) is 33.2 Å². The van der Waals surface area contributed by atoms with Gasteiger partial charge in [0, 0.05) is 50.9 Å².